The summed E-state index contributed by atoms with van der Waals surface area (Å²) < 4.78 is 4.37. The first-order valence-corrected chi connectivity index (χ1v) is 3.03. The van der Waals surface area contributed by atoms with Crippen LogP contribution in [0.5, 0.6) is 0 Å². The second-order valence-electron chi connectivity index (χ2n) is 2.15. The lowest BCUT2D eigenvalue weighted by atomic mass is 10.2. The number of hydrogen-bond acceptors (Lipinski definition) is 4. The van der Waals surface area contributed by atoms with Crippen LogP contribution in [0.2, 0.25) is 0 Å². The molecule has 1 amide bonds. The molecule has 0 spiro atoms. The van der Waals surface area contributed by atoms with Gasteiger partial charge < -0.3 is 15.4 Å². The Hall–Kier alpha value is -1.85. The standard InChI is InChI=1S/C6H6N2O4/c1-2-3(5(7)9)8-12-4(2)6(10)11/h1H3,(H2,7,9)(H,10,11). The number of hydrogen-bond donors (Lipinski definition) is 2. The first kappa shape index (κ1) is 8.25. The van der Waals surface area contributed by atoms with Gasteiger partial charge in [-0.3, -0.25) is 4.79 Å². The van der Waals surface area contributed by atoms with Crippen molar-refractivity contribution in [3.8, 4) is 0 Å². The molecule has 0 saturated heterocycles. The lowest BCUT2D eigenvalue weighted by molar-refractivity contribution is 0.0650. The van der Waals surface area contributed by atoms with Crippen molar-refractivity contribution >= 4 is 11.9 Å². The maximum Gasteiger partial charge on any atom is 0.375 e. The monoisotopic (exact) mass is 170 g/mol. The Morgan fingerprint density at radius 1 is 1.58 bits per heavy atom. The van der Waals surface area contributed by atoms with Crippen LogP contribution >= 0.6 is 0 Å². The van der Waals surface area contributed by atoms with E-state index >= 15 is 0 Å². The number of nitrogens with two attached hydrogens (primary N) is 1. The number of aromatic nitrogens is 1. The van der Waals surface area contributed by atoms with Gasteiger partial charge >= 0.3 is 5.97 Å². The minimum absolute atomic E-state index is 0.146. The average molecular weight is 170 g/mol. The smallest absolute Gasteiger partial charge is 0.375 e. The summed E-state index contributed by atoms with van der Waals surface area (Å²) in [6.07, 6.45) is 0. The topological polar surface area (TPSA) is 106 Å². The van der Waals surface area contributed by atoms with Gasteiger partial charge in [0.25, 0.3) is 5.91 Å². The van der Waals surface area contributed by atoms with E-state index in [2.05, 4.69) is 9.68 Å². The van der Waals surface area contributed by atoms with Crippen molar-refractivity contribution in [2.75, 3.05) is 0 Å². The maximum atomic E-state index is 10.6. The molecule has 1 aromatic heterocycles. The van der Waals surface area contributed by atoms with Crippen LogP contribution in [0.1, 0.15) is 26.6 Å². The molecular weight excluding hydrogens is 164 g/mol. The van der Waals surface area contributed by atoms with E-state index in [1.165, 1.54) is 6.92 Å². The van der Waals surface area contributed by atoms with Crippen LogP contribution in [-0.4, -0.2) is 22.1 Å². The molecular formula is C6H6N2O4. The number of nitrogens with zero attached hydrogens (tertiary/aromatic N) is 1. The number of carbonyl (C=O) groups is 2. The number of rotatable bonds is 2. The van der Waals surface area contributed by atoms with Gasteiger partial charge in [-0.1, -0.05) is 5.16 Å². The third kappa shape index (κ3) is 1.14. The van der Waals surface area contributed by atoms with Gasteiger partial charge in [0.05, 0.1) is 0 Å². The van der Waals surface area contributed by atoms with E-state index < -0.39 is 11.9 Å². The highest BCUT2D eigenvalue weighted by molar-refractivity contribution is 5.96. The fraction of sp³-hybridized carbons (Fsp3) is 0.167. The molecule has 0 unspecified atom stereocenters. The SMILES string of the molecule is Cc1c(C(N)=O)noc1C(=O)O. The predicted molar refractivity (Wildman–Crippen MR) is 36.7 cm³/mol. The second kappa shape index (κ2) is 2.65. The number of carboxylic acid groups (broad SMARTS) is 1. The van der Waals surface area contributed by atoms with Gasteiger partial charge in [0.1, 0.15) is 0 Å². The van der Waals surface area contributed by atoms with Crippen LogP contribution in [0.4, 0.5) is 0 Å². The van der Waals surface area contributed by atoms with E-state index in [1.807, 2.05) is 0 Å². The third-order valence-electron chi connectivity index (χ3n) is 1.35. The molecule has 64 valence electrons. The molecule has 0 fully saturated rings. The molecule has 1 rings (SSSR count). The summed E-state index contributed by atoms with van der Waals surface area (Å²) >= 11 is 0. The van der Waals surface area contributed by atoms with Gasteiger partial charge in [-0.05, 0) is 6.92 Å². The Kier molecular flexibility index (Phi) is 1.82. The van der Waals surface area contributed by atoms with E-state index in [-0.39, 0.29) is 17.0 Å². The van der Waals surface area contributed by atoms with Gasteiger partial charge in [-0.15, -0.1) is 0 Å². The Balaban J connectivity index is 3.22. The third-order valence-corrected chi connectivity index (χ3v) is 1.35. The summed E-state index contributed by atoms with van der Waals surface area (Å²) in [5.74, 6) is -2.43. The minimum atomic E-state index is -1.27. The largest absolute Gasteiger partial charge is 0.475 e. The van der Waals surface area contributed by atoms with Crippen LogP contribution in [0.15, 0.2) is 4.52 Å². The Labute approximate surface area is 66.9 Å². The minimum Gasteiger partial charge on any atom is -0.475 e. The Morgan fingerprint density at radius 3 is 2.42 bits per heavy atom. The molecule has 0 aliphatic carbocycles. The average Bonchev–Trinajstić information content (AvgIpc) is 2.30. The maximum absolute atomic E-state index is 10.6. The van der Waals surface area contributed by atoms with E-state index in [1.54, 1.807) is 0 Å². The van der Waals surface area contributed by atoms with Gasteiger partial charge in [0.15, 0.2) is 5.69 Å². The summed E-state index contributed by atoms with van der Waals surface area (Å²) in [7, 11) is 0. The van der Waals surface area contributed by atoms with E-state index in [0.717, 1.165) is 0 Å². The van der Waals surface area contributed by atoms with Crippen LogP contribution < -0.4 is 5.73 Å². The molecule has 0 saturated carbocycles. The van der Waals surface area contributed by atoms with Crippen molar-refractivity contribution in [1.29, 1.82) is 0 Å². The van der Waals surface area contributed by atoms with Crippen LogP contribution in [0.25, 0.3) is 0 Å². The molecule has 1 aromatic rings. The second-order valence-corrected chi connectivity index (χ2v) is 2.15. The molecule has 0 atom stereocenters. The quantitative estimate of drug-likeness (QED) is 0.638. The van der Waals surface area contributed by atoms with Crippen molar-refractivity contribution in [2.24, 2.45) is 5.73 Å². The van der Waals surface area contributed by atoms with Gasteiger partial charge in [0.2, 0.25) is 5.76 Å². The number of primary amides is 1. The molecule has 6 nitrogen and oxygen atoms in total. The number of carbonyl (C=O) groups excluding carboxylic acids is 1. The fourth-order valence-electron chi connectivity index (χ4n) is 0.765. The molecule has 0 aliphatic heterocycles. The summed E-state index contributed by atoms with van der Waals surface area (Å²) in [6.45, 7) is 1.40. The van der Waals surface area contributed by atoms with Gasteiger partial charge in [-0.25, -0.2) is 4.79 Å². The molecule has 0 aromatic carbocycles. The molecule has 0 radical (unpaired) electrons. The molecule has 0 aliphatic rings. The fourth-order valence-corrected chi connectivity index (χ4v) is 0.765. The molecule has 6 heteroatoms. The van der Waals surface area contributed by atoms with Crippen molar-refractivity contribution in [2.45, 2.75) is 6.92 Å². The molecule has 12 heavy (non-hydrogen) atoms. The van der Waals surface area contributed by atoms with Gasteiger partial charge in [0, 0.05) is 5.56 Å². The zero-order valence-electron chi connectivity index (χ0n) is 6.20. The molecule has 1 heterocycles. The normalized spacial score (nSPS) is 9.75. The Morgan fingerprint density at radius 2 is 2.17 bits per heavy atom. The van der Waals surface area contributed by atoms with Crippen LogP contribution in [-0.2, 0) is 0 Å². The van der Waals surface area contributed by atoms with Crippen molar-refractivity contribution in [1.82, 2.24) is 5.16 Å². The van der Waals surface area contributed by atoms with Crippen molar-refractivity contribution in [3.63, 3.8) is 0 Å². The van der Waals surface area contributed by atoms with Crippen LogP contribution in [0, 0.1) is 6.92 Å². The Bertz CT molecular complexity index is 310. The lowest BCUT2D eigenvalue weighted by Gasteiger charge is -1.87. The highest BCUT2D eigenvalue weighted by Gasteiger charge is 2.20. The first-order chi connectivity index (χ1) is 5.54. The molecule has 3 N–H and O–H groups in total. The highest BCUT2D eigenvalue weighted by Crippen LogP contribution is 2.11. The van der Waals surface area contributed by atoms with Gasteiger partial charge in [-0.2, -0.15) is 0 Å². The predicted octanol–water partition coefficient (Wildman–Crippen LogP) is -0.220. The van der Waals surface area contributed by atoms with Crippen LogP contribution in [0.3, 0.4) is 0 Å². The van der Waals surface area contributed by atoms with E-state index in [9.17, 15) is 9.59 Å². The zero-order chi connectivity index (χ0) is 9.30. The number of aromatic carboxylic acids is 1. The highest BCUT2D eigenvalue weighted by atomic mass is 16.5. The number of amides is 1. The van der Waals surface area contributed by atoms with Crippen molar-refractivity contribution in [3.05, 3.63) is 17.0 Å². The summed E-state index contributed by atoms with van der Waals surface area (Å²) in [5, 5.41) is 11.7. The molecule has 0 bridgehead atoms. The number of carboxylic acids is 1. The van der Waals surface area contributed by atoms with Crippen molar-refractivity contribution < 1.29 is 19.2 Å². The first-order valence-electron chi connectivity index (χ1n) is 3.03. The summed E-state index contributed by atoms with van der Waals surface area (Å²) in [5.41, 5.74) is 4.88. The summed E-state index contributed by atoms with van der Waals surface area (Å²) in [6, 6.07) is 0. The van der Waals surface area contributed by atoms with E-state index in [0.29, 0.717) is 0 Å². The lowest BCUT2D eigenvalue weighted by Crippen LogP contribution is -2.13. The van der Waals surface area contributed by atoms with E-state index in [4.69, 9.17) is 10.8 Å². The summed E-state index contributed by atoms with van der Waals surface area (Å²) in [4.78, 5) is 20.9. The zero-order valence-corrected chi connectivity index (χ0v) is 6.20.